The molecule has 6 heteroatoms. The van der Waals surface area contributed by atoms with Crippen LogP contribution in [0.4, 0.5) is 5.69 Å². The van der Waals surface area contributed by atoms with E-state index in [0.717, 1.165) is 4.47 Å². The van der Waals surface area contributed by atoms with Crippen LogP contribution in [0.25, 0.3) is 0 Å². The summed E-state index contributed by atoms with van der Waals surface area (Å²) < 4.78 is 6.27. The van der Waals surface area contributed by atoms with Gasteiger partial charge in [-0.3, -0.25) is 4.79 Å². The fourth-order valence-corrected chi connectivity index (χ4v) is 2.57. The largest absolute Gasteiger partial charge is 0.491 e. The number of anilines is 1. The average Bonchev–Trinajstić information content (AvgIpc) is 2.45. The van der Waals surface area contributed by atoms with Gasteiger partial charge in [0.2, 0.25) is 0 Å². The summed E-state index contributed by atoms with van der Waals surface area (Å²) in [6.07, 6.45) is 0. The number of rotatable bonds is 4. The van der Waals surface area contributed by atoms with Crippen LogP contribution >= 0.6 is 39.1 Å². The van der Waals surface area contributed by atoms with Crippen molar-refractivity contribution in [1.82, 2.24) is 0 Å². The molecule has 2 aromatic rings. The molecule has 1 N–H and O–H groups in total. The Morgan fingerprint density at radius 1 is 1.19 bits per heavy atom. The number of hydrogen-bond donors (Lipinski definition) is 1. The van der Waals surface area contributed by atoms with Gasteiger partial charge < -0.3 is 10.1 Å². The van der Waals surface area contributed by atoms with Crippen LogP contribution in [-0.4, -0.2) is 12.5 Å². The summed E-state index contributed by atoms with van der Waals surface area (Å²) in [4.78, 5) is 12.2. The molecule has 0 fully saturated rings. The van der Waals surface area contributed by atoms with E-state index in [1.807, 2.05) is 19.1 Å². The molecule has 0 unspecified atom stereocenters. The molecular formula is C15H12BrCl2NO2. The highest BCUT2D eigenvalue weighted by Crippen LogP contribution is 2.34. The molecule has 0 bridgehead atoms. The van der Waals surface area contributed by atoms with Crippen LogP contribution < -0.4 is 10.1 Å². The van der Waals surface area contributed by atoms with Crippen molar-refractivity contribution in [3.63, 3.8) is 0 Å². The lowest BCUT2D eigenvalue weighted by Gasteiger charge is -2.11. The first kappa shape index (κ1) is 16.1. The van der Waals surface area contributed by atoms with Crippen molar-refractivity contribution in [2.24, 2.45) is 0 Å². The molecule has 1 amide bonds. The van der Waals surface area contributed by atoms with E-state index >= 15 is 0 Å². The van der Waals surface area contributed by atoms with Crippen LogP contribution in [0, 0.1) is 0 Å². The molecule has 0 spiro atoms. The topological polar surface area (TPSA) is 38.3 Å². The van der Waals surface area contributed by atoms with Crippen LogP contribution in [0.1, 0.15) is 17.3 Å². The zero-order chi connectivity index (χ0) is 15.4. The first-order valence-electron chi connectivity index (χ1n) is 6.20. The number of ether oxygens (including phenoxy) is 1. The third kappa shape index (κ3) is 4.13. The van der Waals surface area contributed by atoms with Gasteiger partial charge in [0.15, 0.2) is 5.75 Å². The van der Waals surface area contributed by atoms with Crippen LogP contribution in [0.15, 0.2) is 40.9 Å². The summed E-state index contributed by atoms with van der Waals surface area (Å²) in [5.41, 5.74) is 1.06. The molecule has 0 saturated carbocycles. The van der Waals surface area contributed by atoms with E-state index in [2.05, 4.69) is 21.2 Å². The maximum atomic E-state index is 12.2. The summed E-state index contributed by atoms with van der Waals surface area (Å²) in [5, 5.41) is 3.39. The lowest BCUT2D eigenvalue weighted by molar-refractivity contribution is 0.102. The van der Waals surface area contributed by atoms with E-state index in [-0.39, 0.29) is 5.91 Å². The van der Waals surface area contributed by atoms with Crippen LogP contribution in [0.5, 0.6) is 5.75 Å². The Balaban J connectivity index is 2.21. The highest BCUT2D eigenvalue weighted by atomic mass is 79.9. The summed E-state index contributed by atoms with van der Waals surface area (Å²) >= 11 is 15.5. The molecule has 3 nitrogen and oxygen atoms in total. The minimum Gasteiger partial charge on any atom is -0.491 e. The number of amides is 1. The molecule has 2 rings (SSSR count). The smallest absolute Gasteiger partial charge is 0.255 e. The van der Waals surface area contributed by atoms with E-state index in [1.165, 1.54) is 12.1 Å². The van der Waals surface area contributed by atoms with Crippen molar-refractivity contribution in [3.05, 3.63) is 56.5 Å². The maximum Gasteiger partial charge on any atom is 0.255 e. The second-order valence-electron chi connectivity index (χ2n) is 4.16. The van der Waals surface area contributed by atoms with Gasteiger partial charge >= 0.3 is 0 Å². The zero-order valence-corrected chi connectivity index (χ0v) is 14.2. The SMILES string of the molecule is CCOc1c(Cl)cc(C(=O)Nc2ccc(Br)cc2)cc1Cl. The number of hydrogen-bond acceptors (Lipinski definition) is 2. The average molecular weight is 389 g/mol. The highest BCUT2D eigenvalue weighted by Gasteiger charge is 2.14. The van der Waals surface area contributed by atoms with Crippen molar-refractivity contribution in [3.8, 4) is 5.75 Å². The third-order valence-corrected chi connectivity index (χ3v) is 3.74. The van der Waals surface area contributed by atoms with Crippen LogP contribution in [0.2, 0.25) is 10.0 Å². The van der Waals surface area contributed by atoms with Crippen LogP contribution in [0.3, 0.4) is 0 Å². The summed E-state index contributed by atoms with van der Waals surface area (Å²) in [6.45, 7) is 2.28. The van der Waals surface area contributed by atoms with Gasteiger partial charge in [0.25, 0.3) is 5.91 Å². The number of halogens is 3. The van der Waals surface area contributed by atoms with Gasteiger partial charge in [0.1, 0.15) is 0 Å². The van der Waals surface area contributed by atoms with E-state index in [9.17, 15) is 4.79 Å². The van der Waals surface area contributed by atoms with Gasteiger partial charge in [-0.1, -0.05) is 39.1 Å². The minimum atomic E-state index is -0.288. The molecule has 0 saturated heterocycles. The van der Waals surface area contributed by atoms with Crippen molar-refractivity contribution < 1.29 is 9.53 Å². The quantitative estimate of drug-likeness (QED) is 0.760. The normalized spacial score (nSPS) is 10.3. The van der Waals surface area contributed by atoms with Crippen molar-refractivity contribution in [2.75, 3.05) is 11.9 Å². The molecule has 0 aliphatic rings. The Kier molecular flexibility index (Phi) is 5.51. The number of carbonyl (C=O) groups is 1. The molecular weight excluding hydrogens is 377 g/mol. The zero-order valence-electron chi connectivity index (χ0n) is 11.1. The van der Waals surface area contributed by atoms with E-state index in [1.54, 1.807) is 12.1 Å². The second kappa shape index (κ2) is 7.16. The van der Waals surface area contributed by atoms with E-state index in [0.29, 0.717) is 33.7 Å². The van der Waals surface area contributed by atoms with Gasteiger partial charge in [-0.15, -0.1) is 0 Å². The molecule has 2 aromatic carbocycles. The number of nitrogens with one attached hydrogen (secondary N) is 1. The minimum absolute atomic E-state index is 0.288. The van der Waals surface area contributed by atoms with E-state index in [4.69, 9.17) is 27.9 Å². The van der Waals surface area contributed by atoms with Gasteiger partial charge in [-0.2, -0.15) is 0 Å². The Labute approximate surface area is 141 Å². The summed E-state index contributed by atoms with van der Waals surface area (Å²) in [7, 11) is 0. The second-order valence-corrected chi connectivity index (χ2v) is 5.89. The Morgan fingerprint density at radius 2 is 1.76 bits per heavy atom. The fraction of sp³-hybridized carbons (Fsp3) is 0.133. The van der Waals surface area contributed by atoms with Crippen LogP contribution in [-0.2, 0) is 0 Å². The first-order chi connectivity index (χ1) is 10.0. The van der Waals surface area contributed by atoms with E-state index < -0.39 is 0 Å². The molecule has 0 radical (unpaired) electrons. The fourth-order valence-electron chi connectivity index (χ4n) is 1.71. The molecule has 0 aliphatic carbocycles. The Hall–Kier alpha value is -1.23. The highest BCUT2D eigenvalue weighted by molar-refractivity contribution is 9.10. The van der Waals surface area contributed by atoms with Gasteiger partial charge in [-0.25, -0.2) is 0 Å². The molecule has 0 atom stereocenters. The van der Waals surface area contributed by atoms with Crippen molar-refractivity contribution in [2.45, 2.75) is 6.92 Å². The maximum absolute atomic E-state index is 12.2. The standard InChI is InChI=1S/C15H12BrCl2NO2/c1-2-21-14-12(17)7-9(8-13(14)18)15(20)19-11-5-3-10(16)4-6-11/h3-8H,2H2,1H3,(H,19,20). The Bertz CT molecular complexity index is 636. The van der Waals surface area contributed by atoms with Crippen molar-refractivity contribution >= 4 is 50.7 Å². The summed E-state index contributed by atoms with van der Waals surface area (Å²) in [6, 6.07) is 10.3. The number of benzene rings is 2. The Morgan fingerprint density at radius 3 is 2.29 bits per heavy atom. The molecule has 0 heterocycles. The van der Waals surface area contributed by atoms with Gasteiger partial charge in [0.05, 0.1) is 16.7 Å². The molecule has 110 valence electrons. The predicted molar refractivity (Wildman–Crippen MR) is 89.7 cm³/mol. The van der Waals surface area contributed by atoms with Gasteiger partial charge in [-0.05, 0) is 43.3 Å². The first-order valence-corrected chi connectivity index (χ1v) is 7.75. The van der Waals surface area contributed by atoms with Gasteiger partial charge in [0, 0.05) is 15.7 Å². The molecule has 21 heavy (non-hydrogen) atoms. The lowest BCUT2D eigenvalue weighted by atomic mass is 10.2. The van der Waals surface area contributed by atoms with Crippen molar-refractivity contribution in [1.29, 1.82) is 0 Å². The summed E-state index contributed by atoms with van der Waals surface area (Å²) in [5.74, 6) is 0.102. The monoisotopic (exact) mass is 387 g/mol. The third-order valence-electron chi connectivity index (χ3n) is 2.65. The molecule has 0 aliphatic heterocycles. The number of carbonyl (C=O) groups excluding carboxylic acids is 1. The predicted octanol–water partition coefficient (Wildman–Crippen LogP) is 5.41. The lowest BCUT2D eigenvalue weighted by Crippen LogP contribution is -2.12. The molecule has 0 aromatic heterocycles.